The summed E-state index contributed by atoms with van der Waals surface area (Å²) in [6.45, 7) is 3.75. The summed E-state index contributed by atoms with van der Waals surface area (Å²) in [5, 5.41) is 0. The summed E-state index contributed by atoms with van der Waals surface area (Å²) in [7, 11) is 0. The van der Waals surface area contributed by atoms with Crippen LogP contribution in [0.3, 0.4) is 0 Å². The Balaban J connectivity index is -0.000000245. The molecule has 0 heterocycles. The van der Waals surface area contributed by atoms with Gasteiger partial charge in [0.25, 0.3) is 0 Å². The van der Waals surface area contributed by atoms with E-state index in [2.05, 4.69) is 4.74 Å². The minimum Gasteiger partial charge on any atom is -0.465 e. The summed E-state index contributed by atoms with van der Waals surface area (Å²) in [5.74, 6) is -0.340. The molecule has 0 spiro atoms. The van der Waals surface area contributed by atoms with Crippen molar-refractivity contribution in [2.75, 3.05) is 6.61 Å². The Morgan fingerprint density at radius 3 is 2.10 bits per heavy atom. The Morgan fingerprint density at radius 2 is 2.00 bits per heavy atom. The molecule has 0 amide bonds. The highest BCUT2D eigenvalue weighted by Crippen LogP contribution is 1.80. The predicted molar refractivity (Wildman–Crippen MR) is 44.8 cm³/mol. The molecule has 0 saturated heterocycles. The van der Waals surface area contributed by atoms with Crippen molar-refractivity contribution in [2.24, 2.45) is 5.73 Å². The van der Waals surface area contributed by atoms with E-state index in [1.165, 1.54) is 0 Å². The average molecular weight is 190 g/mol. The van der Waals surface area contributed by atoms with Crippen molar-refractivity contribution in [1.82, 2.24) is 0 Å². The van der Waals surface area contributed by atoms with Crippen LogP contribution >= 0.6 is 24.8 Å². The van der Waals surface area contributed by atoms with Crippen molar-refractivity contribution in [2.45, 2.75) is 19.9 Å². The van der Waals surface area contributed by atoms with Gasteiger partial charge in [0.2, 0.25) is 0 Å². The molecule has 0 saturated carbocycles. The van der Waals surface area contributed by atoms with Crippen LogP contribution in [0.15, 0.2) is 0 Å². The maximum Gasteiger partial charge on any atom is 0.322 e. The van der Waals surface area contributed by atoms with E-state index in [-0.39, 0.29) is 30.8 Å². The molecule has 5 heteroatoms. The first-order chi connectivity index (χ1) is 3.68. The van der Waals surface area contributed by atoms with Gasteiger partial charge in [0.05, 0.1) is 6.61 Å². The Bertz CT molecular complexity index is 87.7. The lowest BCUT2D eigenvalue weighted by molar-refractivity contribution is -0.144. The molecule has 64 valence electrons. The highest BCUT2D eigenvalue weighted by molar-refractivity contribution is 5.85. The zero-order chi connectivity index (χ0) is 6.57. The van der Waals surface area contributed by atoms with Crippen LogP contribution in [0.1, 0.15) is 13.8 Å². The maximum atomic E-state index is 10.4. The van der Waals surface area contributed by atoms with Crippen LogP contribution in [0.25, 0.3) is 0 Å². The van der Waals surface area contributed by atoms with Gasteiger partial charge < -0.3 is 10.5 Å². The number of esters is 1. The first-order valence-electron chi connectivity index (χ1n) is 2.60. The molecular weight excluding hydrogens is 177 g/mol. The molecule has 0 aliphatic heterocycles. The smallest absolute Gasteiger partial charge is 0.322 e. The van der Waals surface area contributed by atoms with Gasteiger partial charge >= 0.3 is 5.97 Å². The minimum absolute atomic E-state index is 0. The molecule has 3 nitrogen and oxygen atoms in total. The second-order valence-corrected chi connectivity index (χ2v) is 1.54. The molecule has 0 radical (unpaired) electrons. The van der Waals surface area contributed by atoms with Crippen LogP contribution in [-0.4, -0.2) is 18.6 Å². The van der Waals surface area contributed by atoms with Crippen LogP contribution in [0.5, 0.6) is 0 Å². The Kier molecular flexibility index (Phi) is 14.9. The molecule has 0 aliphatic rings. The maximum absolute atomic E-state index is 10.4. The number of carbonyl (C=O) groups is 1. The third kappa shape index (κ3) is 8.01. The molecule has 0 aromatic heterocycles. The van der Waals surface area contributed by atoms with E-state index in [4.69, 9.17) is 5.73 Å². The van der Waals surface area contributed by atoms with Crippen LogP contribution in [0.2, 0.25) is 0 Å². The summed E-state index contributed by atoms with van der Waals surface area (Å²) in [6, 6.07) is -0.491. The van der Waals surface area contributed by atoms with Gasteiger partial charge in [-0.1, -0.05) is 0 Å². The summed E-state index contributed by atoms with van der Waals surface area (Å²) >= 11 is 0. The minimum atomic E-state index is -0.491. The Hall–Kier alpha value is 0.01000. The number of rotatable bonds is 2. The van der Waals surface area contributed by atoms with Crippen molar-refractivity contribution < 1.29 is 9.53 Å². The zero-order valence-electron chi connectivity index (χ0n) is 5.99. The second kappa shape index (κ2) is 9.01. The van der Waals surface area contributed by atoms with Crippen LogP contribution in [0, 0.1) is 0 Å². The fraction of sp³-hybridized carbons (Fsp3) is 0.800. The number of hydrogen-bond acceptors (Lipinski definition) is 3. The molecular formula is C5H13Cl2NO2. The summed E-state index contributed by atoms with van der Waals surface area (Å²) in [5.41, 5.74) is 5.15. The van der Waals surface area contributed by atoms with E-state index in [1.54, 1.807) is 13.8 Å². The predicted octanol–water partition coefficient (Wildman–Crippen LogP) is 0.740. The third-order valence-corrected chi connectivity index (χ3v) is 0.658. The van der Waals surface area contributed by atoms with Gasteiger partial charge in [-0.05, 0) is 13.8 Å². The highest BCUT2D eigenvalue weighted by atomic mass is 35.5. The van der Waals surface area contributed by atoms with Gasteiger partial charge in [0, 0.05) is 0 Å². The van der Waals surface area contributed by atoms with Gasteiger partial charge in [0.15, 0.2) is 0 Å². The average Bonchev–Trinajstić information content (AvgIpc) is 1.67. The summed E-state index contributed by atoms with van der Waals surface area (Å²) in [4.78, 5) is 10.4. The lowest BCUT2D eigenvalue weighted by atomic mass is 10.4. The van der Waals surface area contributed by atoms with Crippen LogP contribution < -0.4 is 5.73 Å². The molecule has 10 heavy (non-hydrogen) atoms. The van der Waals surface area contributed by atoms with Gasteiger partial charge in [0.1, 0.15) is 6.04 Å². The van der Waals surface area contributed by atoms with E-state index < -0.39 is 6.04 Å². The number of halogens is 2. The third-order valence-electron chi connectivity index (χ3n) is 0.658. The topological polar surface area (TPSA) is 52.3 Å². The Morgan fingerprint density at radius 1 is 1.60 bits per heavy atom. The fourth-order valence-electron chi connectivity index (χ4n) is 0.274. The number of ether oxygens (including phenoxy) is 1. The van der Waals surface area contributed by atoms with Crippen molar-refractivity contribution in [3.05, 3.63) is 0 Å². The monoisotopic (exact) mass is 189 g/mol. The normalized spacial score (nSPS) is 10.3. The SMILES string of the molecule is CCOC(=O)C(C)N.Cl.Cl. The van der Waals surface area contributed by atoms with Crippen LogP contribution in [0.4, 0.5) is 0 Å². The highest BCUT2D eigenvalue weighted by Gasteiger charge is 2.05. The van der Waals surface area contributed by atoms with E-state index in [0.29, 0.717) is 6.61 Å². The molecule has 0 aromatic carbocycles. The molecule has 0 fully saturated rings. The van der Waals surface area contributed by atoms with Crippen LogP contribution in [-0.2, 0) is 9.53 Å². The molecule has 0 bridgehead atoms. The van der Waals surface area contributed by atoms with Gasteiger partial charge in [-0.2, -0.15) is 0 Å². The molecule has 1 atom stereocenters. The van der Waals surface area contributed by atoms with Gasteiger partial charge in [-0.15, -0.1) is 24.8 Å². The number of hydrogen-bond donors (Lipinski definition) is 1. The lowest BCUT2D eigenvalue weighted by Crippen LogP contribution is -2.28. The number of nitrogens with two attached hydrogens (primary N) is 1. The first kappa shape index (κ1) is 16.5. The zero-order valence-corrected chi connectivity index (χ0v) is 7.63. The quantitative estimate of drug-likeness (QED) is 0.653. The lowest BCUT2D eigenvalue weighted by Gasteiger charge is -2.02. The van der Waals surface area contributed by atoms with Crippen molar-refractivity contribution in [3.8, 4) is 0 Å². The molecule has 0 aromatic rings. The first-order valence-corrected chi connectivity index (χ1v) is 2.60. The van der Waals surface area contributed by atoms with E-state index in [1.807, 2.05) is 0 Å². The van der Waals surface area contributed by atoms with Crippen molar-refractivity contribution >= 4 is 30.8 Å². The van der Waals surface area contributed by atoms with Gasteiger partial charge in [-0.25, -0.2) is 0 Å². The van der Waals surface area contributed by atoms with E-state index in [0.717, 1.165) is 0 Å². The molecule has 1 unspecified atom stereocenters. The van der Waals surface area contributed by atoms with Gasteiger partial charge in [-0.3, -0.25) is 4.79 Å². The van der Waals surface area contributed by atoms with E-state index >= 15 is 0 Å². The molecule has 0 aliphatic carbocycles. The van der Waals surface area contributed by atoms with Crippen molar-refractivity contribution in [1.29, 1.82) is 0 Å². The molecule has 0 rings (SSSR count). The van der Waals surface area contributed by atoms with Crippen molar-refractivity contribution in [3.63, 3.8) is 0 Å². The largest absolute Gasteiger partial charge is 0.465 e. The number of carbonyl (C=O) groups excluding carboxylic acids is 1. The summed E-state index contributed by atoms with van der Waals surface area (Å²) in [6.07, 6.45) is 0. The molecule has 2 N–H and O–H groups in total. The van der Waals surface area contributed by atoms with E-state index in [9.17, 15) is 4.79 Å². The standard InChI is InChI=1S/C5H11NO2.2ClH/c1-3-8-5(7)4(2)6;;/h4H,3,6H2,1-2H3;2*1H. The Labute approximate surface area is 73.1 Å². The summed E-state index contributed by atoms with van der Waals surface area (Å²) < 4.78 is 4.54. The second-order valence-electron chi connectivity index (χ2n) is 1.54. The fourth-order valence-corrected chi connectivity index (χ4v) is 0.274.